The summed E-state index contributed by atoms with van der Waals surface area (Å²) in [5, 5.41) is 4.29. The Hall–Kier alpha value is -0.550. The summed E-state index contributed by atoms with van der Waals surface area (Å²) in [5.41, 5.74) is 0.787. The Labute approximate surface area is 148 Å². The molecule has 2 saturated heterocycles. The quantitative estimate of drug-likeness (QED) is 0.841. The van der Waals surface area contributed by atoms with Crippen molar-refractivity contribution in [2.75, 3.05) is 25.4 Å². The van der Waals surface area contributed by atoms with Crippen molar-refractivity contribution in [1.29, 1.82) is 0 Å². The highest BCUT2D eigenvalue weighted by Crippen LogP contribution is 2.32. The van der Waals surface area contributed by atoms with Gasteiger partial charge in [0.15, 0.2) is 5.78 Å². The summed E-state index contributed by atoms with van der Waals surface area (Å²) >= 11 is 7.97. The molecule has 0 aromatic heterocycles. The Morgan fingerprint density at radius 1 is 1.35 bits per heavy atom. The zero-order valence-electron chi connectivity index (χ0n) is 13.8. The highest BCUT2D eigenvalue weighted by molar-refractivity contribution is 8.00. The van der Waals surface area contributed by atoms with Gasteiger partial charge < -0.3 is 5.32 Å². The number of Topliss-reactive ketones (excluding diaryl/α,β-unsaturated/α-hetero) is 1. The van der Waals surface area contributed by atoms with E-state index in [1.165, 1.54) is 5.75 Å². The Morgan fingerprint density at radius 3 is 2.78 bits per heavy atom. The van der Waals surface area contributed by atoms with Crippen LogP contribution in [0.3, 0.4) is 0 Å². The second-order valence-corrected chi connectivity index (χ2v) is 9.38. The molecule has 1 N–H and O–H groups in total. The molecule has 0 saturated carbocycles. The van der Waals surface area contributed by atoms with Gasteiger partial charge in [0.25, 0.3) is 0 Å². The van der Waals surface area contributed by atoms with Crippen LogP contribution < -0.4 is 5.32 Å². The molecule has 0 aliphatic carbocycles. The minimum Gasteiger partial charge on any atom is -0.302 e. The Balaban J connectivity index is 1.66. The summed E-state index contributed by atoms with van der Waals surface area (Å²) in [6.45, 7) is 7.72. The fourth-order valence-corrected chi connectivity index (χ4v) is 4.84. The number of hydrogen-bond acceptors (Lipinski definition) is 4. The molecule has 1 aromatic carbocycles. The predicted octanol–water partition coefficient (Wildman–Crippen LogP) is 3.68. The maximum Gasteiger partial charge on any atom is 0.166 e. The van der Waals surface area contributed by atoms with Crippen LogP contribution in [0.25, 0.3) is 0 Å². The van der Waals surface area contributed by atoms with Gasteiger partial charge in [0, 0.05) is 40.1 Å². The van der Waals surface area contributed by atoms with Gasteiger partial charge in [0.1, 0.15) is 0 Å². The first-order chi connectivity index (χ1) is 10.9. The van der Waals surface area contributed by atoms with Crippen molar-refractivity contribution in [1.82, 2.24) is 10.2 Å². The number of benzene rings is 1. The maximum absolute atomic E-state index is 12.8. The average molecular weight is 353 g/mol. The number of halogens is 1. The van der Waals surface area contributed by atoms with Crippen LogP contribution in [-0.2, 0) is 0 Å². The molecular weight excluding hydrogens is 328 g/mol. The molecule has 0 amide bonds. The van der Waals surface area contributed by atoms with Crippen molar-refractivity contribution >= 4 is 29.1 Å². The van der Waals surface area contributed by atoms with Crippen molar-refractivity contribution in [2.45, 2.75) is 37.6 Å². The fourth-order valence-electron chi connectivity index (χ4n) is 3.58. The highest BCUT2D eigenvalue weighted by Gasteiger charge is 2.35. The van der Waals surface area contributed by atoms with Crippen molar-refractivity contribution in [3.05, 3.63) is 34.9 Å². The summed E-state index contributed by atoms with van der Waals surface area (Å²) < 4.78 is 0.299. The third kappa shape index (κ3) is 4.30. The Kier molecular flexibility index (Phi) is 5.36. The van der Waals surface area contributed by atoms with Gasteiger partial charge in [-0.15, -0.1) is 0 Å². The fraction of sp³-hybridized carbons (Fsp3) is 0.611. The predicted molar refractivity (Wildman–Crippen MR) is 98.4 cm³/mol. The second kappa shape index (κ2) is 7.14. The van der Waals surface area contributed by atoms with Gasteiger partial charge >= 0.3 is 0 Å². The Bertz CT molecular complexity index is 561. The SMILES string of the molecule is CC1(C)CN(C2CC(C(=O)c3ccc(Cl)cc3)CCN2)CCS1. The number of piperidine rings is 1. The van der Waals surface area contributed by atoms with Crippen LogP contribution >= 0.6 is 23.4 Å². The van der Waals surface area contributed by atoms with E-state index >= 15 is 0 Å². The normalized spacial score (nSPS) is 28.5. The first-order valence-corrected chi connectivity index (χ1v) is 9.72. The number of rotatable bonds is 3. The van der Waals surface area contributed by atoms with Gasteiger partial charge in [0.2, 0.25) is 0 Å². The van der Waals surface area contributed by atoms with Crippen LogP contribution in [-0.4, -0.2) is 47.0 Å². The summed E-state index contributed by atoms with van der Waals surface area (Å²) in [5.74, 6) is 1.54. The molecule has 2 fully saturated rings. The van der Waals surface area contributed by atoms with Crippen molar-refractivity contribution in [3.8, 4) is 0 Å². The van der Waals surface area contributed by atoms with E-state index < -0.39 is 0 Å². The third-order valence-electron chi connectivity index (χ3n) is 4.78. The molecule has 23 heavy (non-hydrogen) atoms. The molecular formula is C18H25ClN2OS. The summed E-state index contributed by atoms with van der Waals surface area (Å²) in [6, 6.07) is 7.31. The van der Waals surface area contributed by atoms with Gasteiger partial charge in [-0.3, -0.25) is 9.69 Å². The number of nitrogens with zero attached hydrogens (tertiary/aromatic N) is 1. The number of carbonyl (C=O) groups excluding carboxylic acids is 1. The van der Waals surface area contributed by atoms with E-state index in [0.717, 1.165) is 38.0 Å². The van der Waals surface area contributed by atoms with Gasteiger partial charge in [-0.1, -0.05) is 11.6 Å². The van der Waals surface area contributed by atoms with Crippen LogP contribution in [0, 0.1) is 5.92 Å². The van der Waals surface area contributed by atoms with E-state index in [1.807, 2.05) is 23.9 Å². The lowest BCUT2D eigenvalue weighted by molar-refractivity contribution is 0.0747. The number of hydrogen-bond donors (Lipinski definition) is 1. The molecule has 0 spiro atoms. The zero-order chi connectivity index (χ0) is 16.4. The van der Waals surface area contributed by atoms with Crippen molar-refractivity contribution in [2.24, 2.45) is 5.92 Å². The van der Waals surface area contributed by atoms with E-state index in [9.17, 15) is 4.79 Å². The van der Waals surface area contributed by atoms with E-state index in [-0.39, 0.29) is 11.7 Å². The van der Waals surface area contributed by atoms with E-state index in [1.54, 1.807) is 12.1 Å². The maximum atomic E-state index is 12.8. The molecule has 2 aliphatic rings. The van der Waals surface area contributed by atoms with Gasteiger partial charge in [0.05, 0.1) is 6.17 Å². The average Bonchev–Trinajstić information content (AvgIpc) is 2.54. The van der Waals surface area contributed by atoms with Crippen LogP contribution in [0.2, 0.25) is 5.02 Å². The third-order valence-corrected chi connectivity index (χ3v) is 6.33. The molecule has 126 valence electrons. The molecule has 2 aliphatic heterocycles. The monoisotopic (exact) mass is 352 g/mol. The van der Waals surface area contributed by atoms with Crippen LogP contribution in [0.15, 0.2) is 24.3 Å². The highest BCUT2D eigenvalue weighted by atomic mass is 35.5. The number of carbonyl (C=O) groups is 1. The van der Waals surface area contributed by atoms with Crippen molar-refractivity contribution in [3.63, 3.8) is 0 Å². The number of thioether (sulfide) groups is 1. The summed E-state index contributed by atoms with van der Waals surface area (Å²) in [6.07, 6.45) is 2.15. The molecule has 2 atom stereocenters. The molecule has 3 nitrogen and oxygen atoms in total. The molecule has 5 heteroatoms. The Morgan fingerprint density at radius 2 is 2.09 bits per heavy atom. The lowest BCUT2D eigenvalue weighted by atomic mass is 9.87. The second-order valence-electron chi connectivity index (χ2n) is 7.14. The lowest BCUT2D eigenvalue weighted by Crippen LogP contribution is -2.56. The van der Waals surface area contributed by atoms with Crippen LogP contribution in [0.4, 0.5) is 0 Å². The first kappa shape index (κ1) is 17.3. The number of ketones is 1. The van der Waals surface area contributed by atoms with Crippen molar-refractivity contribution < 1.29 is 4.79 Å². The summed E-state index contributed by atoms with van der Waals surface area (Å²) in [7, 11) is 0. The van der Waals surface area contributed by atoms with E-state index in [2.05, 4.69) is 24.1 Å². The molecule has 0 bridgehead atoms. The molecule has 0 radical (unpaired) electrons. The minimum absolute atomic E-state index is 0.111. The van der Waals surface area contributed by atoms with Gasteiger partial charge in [-0.25, -0.2) is 0 Å². The van der Waals surface area contributed by atoms with E-state index in [0.29, 0.717) is 15.9 Å². The minimum atomic E-state index is 0.111. The van der Waals surface area contributed by atoms with Gasteiger partial charge in [-0.05, 0) is 57.5 Å². The molecule has 2 unspecified atom stereocenters. The van der Waals surface area contributed by atoms with Gasteiger partial charge in [-0.2, -0.15) is 11.8 Å². The topological polar surface area (TPSA) is 32.3 Å². The first-order valence-electron chi connectivity index (χ1n) is 8.36. The van der Waals surface area contributed by atoms with E-state index in [4.69, 9.17) is 11.6 Å². The molecule has 1 aromatic rings. The molecule has 2 heterocycles. The summed E-state index contributed by atoms with van der Waals surface area (Å²) in [4.78, 5) is 15.3. The lowest BCUT2D eigenvalue weighted by Gasteiger charge is -2.44. The smallest absolute Gasteiger partial charge is 0.166 e. The largest absolute Gasteiger partial charge is 0.302 e. The zero-order valence-corrected chi connectivity index (χ0v) is 15.4. The van der Waals surface area contributed by atoms with Crippen LogP contribution in [0.1, 0.15) is 37.0 Å². The standard InChI is InChI=1S/C18H25ClN2OS/c1-18(2)12-21(9-10-23-18)16-11-14(7-8-20-16)17(22)13-3-5-15(19)6-4-13/h3-6,14,16,20H,7-12H2,1-2H3. The number of nitrogens with one attached hydrogen (secondary N) is 1. The molecule has 3 rings (SSSR count). The van der Waals surface area contributed by atoms with Crippen LogP contribution in [0.5, 0.6) is 0 Å².